The molecule has 0 amide bonds. The third-order valence-corrected chi connectivity index (χ3v) is 4.45. The smallest absolute Gasteiger partial charge is 0.309 e. The Balaban J connectivity index is 1.80. The van der Waals surface area contributed by atoms with Gasteiger partial charge in [0.15, 0.2) is 0 Å². The molecule has 0 bridgehead atoms. The molecule has 2 aromatic rings. The number of carbonyl (C=O) groups excluding carboxylic acids is 1. The molecule has 3 heteroatoms. The molecule has 0 aromatic heterocycles. The van der Waals surface area contributed by atoms with Crippen LogP contribution in [0, 0.1) is 5.92 Å². The molecule has 0 spiro atoms. The van der Waals surface area contributed by atoms with Gasteiger partial charge < -0.3 is 9.47 Å². The first-order valence-electron chi connectivity index (χ1n) is 8.15. The van der Waals surface area contributed by atoms with Gasteiger partial charge >= 0.3 is 5.97 Å². The maximum absolute atomic E-state index is 11.8. The highest BCUT2D eigenvalue weighted by Gasteiger charge is 2.23. The summed E-state index contributed by atoms with van der Waals surface area (Å²) in [6.45, 7) is 2.31. The van der Waals surface area contributed by atoms with Gasteiger partial charge in [-0.05, 0) is 66.3 Å². The monoisotopic (exact) mass is 310 g/mol. The number of allylic oxidation sites excluding steroid dienone is 2. The lowest BCUT2D eigenvalue weighted by molar-refractivity contribution is -0.148. The SMILES string of the molecule is CCOC(=O)C1CC=C(c2ccc3cc(OC)ccc3c2)CC1. The first-order chi connectivity index (χ1) is 11.2. The zero-order valence-electron chi connectivity index (χ0n) is 13.7. The van der Waals surface area contributed by atoms with Crippen molar-refractivity contribution < 1.29 is 14.3 Å². The van der Waals surface area contributed by atoms with Crippen LogP contribution in [0.2, 0.25) is 0 Å². The molecule has 0 fully saturated rings. The molecule has 1 unspecified atom stereocenters. The molecular weight excluding hydrogens is 288 g/mol. The first-order valence-corrected chi connectivity index (χ1v) is 8.15. The van der Waals surface area contributed by atoms with Crippen molar-refractivity contribution in [2.24, 2.45) is 5.92 Å². The highest BCUT2D eigenvalue weighted by molar-refractivity contribution is 5.87. The van der Waals surface area contributed by atoms with E-state index < -0.39 is 0 Å². The molecule has 0 saturated carbocycles. The lowest BCUT2D eigenvalue weighted by Crippen LogP contribution is -2.19. The maximum Gasteiger partial charge on any atom is 0.309 e. The largest absolute Gasteiger partial charge is 0.497 e. The van der Waals surface area contributed by atoms with Crippen molar-refractivity contribution in [3.05, 3.63) is 48.0 Å². The molecule has 0 saturated heterocycles. The Hall–Kier alpha value is -2.29. The summed E-state index contributed by atoms with van der Waals surface area (Å²) in [7, 11) is 1.68. The highest BCUT2D eigenvalue weighted by Crippen LogP contribution is 2.32. The van der Waals surface area contributed by atoms with Gasteiger partial charge in [-0.25, -0.2) is 0 Å². The number of esters is 1. The van der Waals surface area contributed by atoms with Crippen LogP contribution >= 0.6 is 0 Å². The van der Waals surface area contributed by atoms with Gasteiger partial charge in [0.25, 0.3) is 0 Å². The Kier molecular flexibility index (Phi) is 4.65. The lowest BCUT2D eigenvalue weighted by atomic mass is 9.86. The maximum atomic E-state index is 11.8. The minimum atomic E-state index is -0.0617. The van der Waals surface area contributed by atoms with E-state index in [1.807, 2.05) is 19.1 Å². The fraction of sp³-hybridized carbons (Fsp3) is 0.350. The summed E-state index contributed by atoms with van der Waals surface area (Å²) in [6, 6.07) is 12.6. The first kappa shape index (κ1) is 15.6. The van der Waals surface area contributed by atoms with E-state index in [4.69, 9.17) is 9.47 Å². The minimum Gasteiger partial charge on any atom is -0.497 e. The van der Waals surface area contributed by atoms with E-state index in [-0.39, 0.29) is 11.9 Å². The van der Waals surface area contributed by atoms with Crippen LogP contribution in [0.1, 0.15) is 31.7 Å². The summed E-state index contributed by atoms with van der Waals surface area (Å²) >= 11 is 0. The number of hydrogen-bond donors (Lipinski definition) is 0. The quantitative estimate of drug-likeness (QED) is 0.775. The molecule has 0 heterocycles. The lowest BCUT2D eigenvalue weighted by Gasteiger charge is -2.21. The fourth-order valence-corrected chi connectivity index (χ4v) is 3.12. The van der Waals surface area contributed by atoms with E-state index in [2.05, 4.69) is 30.3 Å². The molecule has 23 heavy (non-hydrogen) atoms. The summed E-state index contributed by atoms with van der Waals surface area (Å²) < 4.78 is 10.4. The highest BCUT2D eigenvalue weighted by atomic mass is 16.5. The van der Waals surface area contributed by atoms with Gasteiger partial charge in [0.1, 0.15) is 5.75 Å². The van der Waals surface area contributed by atoms with Crippen molar-refractivity contribution in [2.45, 2.75) is 26.2 Å². The third kappa shape index (κ3) is 3.39. The molecule has 0 aliphatic heterocycles. The predicted octanol–water partition coefficient (Wildman–Crippen LogP) is 4.60. The van der Waals surface area contributed by atoms with Crippen molar-refractivity contribution in [3.63, 3.8) is 0 Å². The Labute approximate surface area is 136 Å². The molecular formula is C20H22O3. The molecule has 2 aromatic carbocycles. The average molecular weight is 310 g/mol. The minimum absolute atomic E-state index is 0.0171. The zero-order valence-corrected chi connectivity index (χ0v) is 13.7. The van der Waals surface area contributed by atoms with Crippen LogP contribution in [0.4, 0.5) is 0 Å². The van der Waals surface area contributed by atoms with Gasteiger partial charge in [0.2, 0.25) is 0 Å². The van der Waals surface area contributed by atoms with Gasteiger partial charge in [-0.3, -0.25) is 4.79 Å². The van der Waals surface area contributed by atoms with Gasteiger partial charge in [0, 0.05) is 0 Å². The molecule has 120 valence electrons. The molecule has 0 N–H and O–H groups in total. The molecule has 1 atom stereocenters. The Bertz CT molecular complexity index is 746. The Morgan fingerprint density at radius 3 is 2.65 bits per heavy atom. The number of hydrogen-bond acceptors (Lipinski definition) is 3. The zero-order chi connectivity index (χ0) is 16.2. The number of carbonyl (C=O) groups is 1. The summed E-state index contributed by atoms with van der Waals surface area (Å²) in [6.07, 6.45) is 4.75. The van der Waals surface area contributed by atoms with Crippen LogP contribution < -0.4 is 4.74 Å². The van der Waals surface area contributed by atoms with E-state index in [0.29, 0.717) is 6.61 Å². The predicted molar refractivity (Wildman–Crippen MR) is 92.5 cm³/mol. The molecule has 0 radical (unpaired) electrons. The van der Waals surface area contributed by atoms with Crippen molar-refractivity contribution >= 4 is 22.3 Å². The van der Waals surface area contributed by atoms with E-state index in [1.165, 1.54) is 21.9 Å². The molecule has 1 aliphatic rings. The normalized spacial score (nSPS) is 17.7. The number of fused-ring (bicyclic) bond motifs is 1. The Morgan fingerprint density at radius 1 is 1.17 bits per heavy atom. The van der Waals surface area contributed by atoms with Crippen LogP contribution in [0.5, 0.6) is 5.75 Å². The van der Waals surface area contributed by atoms with Crippen molar-refractivity contribution in [1.82, 2.24) is 0 Å². The van der Waals surface area contributed by atoms with Gasteiger partial charge in [-0.2, -0.15) is 0 Å². The van der Waals surface area contributed by atoms with Crippen molar-refractivity contribution in [2.75, 3.05) is 13.7 Å². The summed E-state index contributed by atoms with van der Waals surface area (Å²) in [4.78, 5) is 11.8. The number of methoxy groups -OCH3 is 1. The standard InChI is InChI=1S/C20H22O3/c1-3-23-20(21)15-6-4-14(5-7-15)16-8-9-18-13-19(22-2)11-10-17(18)12-16/h4,8-13,15H,3,5-7H2,1-2H3. The summed E-state index contributed by atoms with van der Waals surface area (Å²) in [5.41, 5.74) is 2.56. The molecule has 3 nitrogen and oxygen atoms in total. The molecule has 1 aliphatic carbocycles. The van der Waals surface area contributed by atoms with Crippen LogP contribution in [0.15, 0.2) is 42.5 Å². The molecule has 3 rings (SSSR count). The van der Waals surface area contributed by atoms with Gasteiger partial charge in [0.05, 0.1) is 19.6 Å². The van der Waals surface area contributed by atoms with E-state index in [9.17, 15) is 4.79 Å². The Morgan fingerprint density at radius 2 is 1.96 bits per heavy atom. The van der Waals surface area contributed by atoms with E-state index in [1.54, 1.807) is 7.11 Å². The van der Waals surface area contributed by atoms with Crippen LogP contribution in [-0.4, -0.2) is 19.7 Å². The third-order valence-electron chi connectivity index (χ3n) is 4.45. The number of rotatable bonds is 4. The van der Waals surface area contributed by atoms with Crippen molar-refractivity contribution in [3.8, 4) is 5.75 Å². The number of benzene rings is 2. The second kappa shape index (κ2) is 6.86. The fourth-order valence-electron chi connectivity index (χ4n) is 3.12. The second-order valence-electron chi connectivity index (χ2n) is 5.88. The van der Waals surface area contributed by atoms with Crippen molar-refractivity contribution in [1.29, 1.82) is 0 Å². The summed E-state index contributed by atoms with van der Waals surface area (Å²) in [5, 5.41) is 2.38. The van der Waals surface area contributed by atoms with Gasteiger partial charge in [-0.1, -0.05) is 24.3 Å². The second-order valence-corrected chi connectivity index (χ2v) is 5.88. The topological polar surface area (TPSA) is 35.5 Å². The van der Waals surface area contributed by atoms with E-state index >= 15 is 0 Å². The summed E-state index contributed by atoms with van der Waals surface area (Å²) in [5.74, 6) is 0.830. The average Bonchev–Trinajstić information content (AvgIpc) is 2.61. The van der Waals surface area contributed by atoms with Crippen LogP contribution in [-0.2, 0) is 9.53 Å². The van der Waals surface area contributed by atoms with E-state index in [0.717, 1.165) is 25.0 Å². The van der Waals surface area contributed by atoms with Gasteiger partial charge in [-0.15, -0.1) is 0 Å². The van der Waals surface area contributed by atoms with Crippen LogP contribution in [0.3, 0.4) is 0 Å². The van der Waals surface area contributed by atoms with Crippen LogP contribution in [0.25, 0.3) is 16.3 Å². The number of ether oxygens (including phenoxy) is 2.